The molecule has 1 aromatic carbocycles. The second-order valence-corrected chi connectivity index (χ2v) is 4.26. The Bertz CT molecular complexity index is 752. The van der Waals surface area contributed by atoms with Gasteiger partial charge in [-0.05, 0) is 19.1 Å². The molecule has 0 amide bonds. The average molecular weight is 257 g/mol. The maximum Gasteiger partial charge on any atom is 0.258 e. The number of benzene rings is 1. The molecular formula is C14H12FN3O. The maximum absolute atomic E-state index is 14.0. The van der Waals surface area contributed by atoms with Crippen LogP contribution in [0.15, 0.2) is 36.8 Å². The minimum Gasteiger partial charge on any atom is -0.478 e. The van der Waals surface area contributed by atoms with E-state index in [1.54, 1.807) is 35.1 Å². The molecule has 3 rings (SSSR count). The summed E-state index contributed by atoms with van der Waals surface area (Å²) in [5.74, 6) is 0.144. The average Bonchev–Trinajstić information content (AvgIpc) is 2.85. The largest absolute Gasteiger partial charge is 0.478 e. The third kappa shape index (κ3) is 1.83. The number of nitrogens with zero attached hydrogens (tertiary/aromatic N) is 3. The smallest absolute Gasteiger partial charge is 0.258 e. The van der Waals surface area contributed by atoms with Gasteiger partial charge in [-0.3, -0.25) is 4.40 Å². The van der Waals surface area contributed by atoms with Gasteiger partial charge in [0.15, 0.2) is 0 Å². The Morgan fingerprint density at radius 1 is 1.26 bits per heavy atom. The molecule has 2 heterocycles. The van der Waals surface area contributed by atoms with E-state index in [4.69, 9.17) is 4.74 Å². The Balaban J connectivity index is 2.29. The minimum atomic E-state index is -0.275. The van der Waals surface area contributed by atoms with E-state index < -0.39 is 0 Å². The van der Waals surface area contributed by atoms with Crippen LogP contribution in [-0.2, 0) is 0 Å². The molecule has 0 aliphatic rings. The van der Waals surface area contributed by atoms with E-state index in [1.165, 1.54) is 13.2 Å². The molecule has 4 nitrogen and oxygen atoms in total. The first-order valence-electron chi connectivity index (χ1n) is 5.83. The zero-order chi connectivity index (χ0) is 13.4. The number of ether oxygens (including phenoxy) is 1. The lowest BCUT2D eigenvalue weighted by Crippen LogP contribution is -1.95. The van der Waals surface area contributed by atoms with Gasteiger partial charge in [0.2, 0.25) is 5.65 Å². The first-order valence-corrected chi connectivity index (χ1v) is 5.83. The molecule has 2 aromatic heterocycles. The topological polar surface area (TPSA) is 39.4 Å². The Morgan fingerprint density at radius 2 is 2.11 bits per heavy atom. The fourth-order valence-electron chi connectivity index (χ4n) is 2.07. The molecule has 0 aliphatic heterocycles. The number of methoxy groups -OCH3 is 1. The highest BCUT2D eigenvalue weighted by molar-refractivity contribution is 5.66. The molecule has 19 heavy (non-hydrogen) atoms. The number of imidazole rings is 1. The van der Waals surface area contributed by atoms with E-state index >= 15 is 0 Å². The number of hydrogen-bond donors (Lipinski definition) is 0. The van der Waals surface area contributed by atoms with Gasteiger partial charge in [-0.1, -0.05) is 11.6 Å². The summed E-state index contributed by atoms with van der Waals surface area (Å²) in [6.45, 7) is 1.92. The van der Waals surface area contributed by atoms with Crippen LogP contribution in [0.3, 0.4) is 0 Å². The predicted molar refractivity (Wildman–Crippen MR) is 69.7 cm³/mol. The van der Waals surface area contributed by atoms with E-state index in [2.05, 4.69) is 9.97 Å². The van der Waals surface area contributed by atoms with Crippen LogP contribution in [0, 0.1) is 12.7 Å². The zero-order valence-electron chi connectivity index (χ0n) is 10.6. The molecular weight excluding hydrogens is 245 g/mol. The molecule has 0 spiro atoms. The first kappa shape index (κ1) is 11.6. The van der Waals surface area contributed by atoms with Crippen molar-refractivity contribution in [3.8, 4) is 17.1 Å². The van der Waals surface area contributed by atoms with Crippen molar-refractivity contribution < 1.29 is 9.13 Å². The monoisotopic (exact) mass is 257 g/mol. The van der Waals surface area contributed by atoms with Crippen LogP contribution in [0.1, 0.15) is 5.56 Å². The van der Waals surface area contributed by atoms with E-state index in [-0.39, 0.29) is 5.82 Å². The van der Waals surface area contributed by atoms with Crippen molar-refractivity contribution in [3.05, 3.63) is 48.2 Å². The Hall–Kier alpha value is -2.43. The van der Waals surface area contributed by atoms with E-state index in [0.717, 1.165) is 5.56 Å². The normalized spacial score (nSPS) is 10.9. The van der Waals surface area contributed by atoms with Gasteiger partial charge >= 0.3 is 0 Å². The number of rotatable bonds is 2. The molecule has 5 heteroatoms. The quantitative estimate of drug-likeness (QED) is 0.708. The highest BCUT2D eigenvalue weighted by atomic mass is 19.1. The summed E-state index contributed by atoms with van der Waals surface area (Å²) in [6.07, 6.45) is 4.96. The fourth-order valence-corrected chi connectivity index (χ4v) is 2.07. The fraction of sp³-hybridized carbons (Fsp3) is 0.143. The molecule has 0 aliphatic carbocycles. The number of halogens is 1. The summed E-state index contributed by atoms with van der Waals surface area (Å²) in [4.78, 5) is 8.32. The van der Waals surface area contributed by atoms with Gasteiger partial charge < -0.3 is 4.74 Å². The van der Waals surface area contributed by atoms with Gasteiger partial charge in [0, 0.05) is 18.0 Å². The molecule has 3 aromatic rings. The second-order valence-electron chi connectivity index (χ2n) is 4.26. The summed E-state index contributed by atoms with van der Waals surface area (Å²) in [7, 11) is 1.53. The van der Waals surface area contributed by atoms with Crippen molar-refractivity contribution in [2.75, 3.05) is 7.11 Å². The predicted octanol–water partition coefficient (Wildman–Crippen LogP) is 2.85. The zero-order valence-corrected chi connectivity index (χ0v) is 10.6. The van der Waals surface area contributed by atoms with Crippen molar-refractivity contribution in [3.63, 3.8) is 0 Å². The van der Waals surface area contributed by atoms with Crippen LogP contribution in [0.2, 0.25) is 0 Å². The van der Waals surface area contributed by atoms with E-state index in [0.29, 0.717) is 22.8 Å². The van der Waals surface area contributed by atoms with Gasteiger partial charge in [-0.2, -0.15) is 0 Å². The van der Waals surface area contributed by atoms with Crippen molar-refractivity contribution in [1.82, 2.24) is 14.4 Å². The van der Waals surface area contributed by atoms with Crippen molar-refractivity contribution in [2.45, 2.75) is 6.92 Å². The summed E-state index contributed by atoms with van der Waals surface area (Å²) in [5, 5.41) is 0. The van der Waals surface area contributed by atoms with Crippen molar-refractivity contribution in [2.24, 2.45) is 0 Å². The lowest BCUT2D eigenvalue weighted by molar-refractivity contribution is 0.400. The minimum absolute atomic E-state index is 0.275. The Kier molecular flexibility index (Phi) is 2.67. The summed E-state index contributed by atoms with van der Waals surface area (Å²) >= 11 is 0. The molecule has 0 fully saturated rings. The van der Waals surface area contributed by atoms with Crippen LogP contribution in [-0.4, -0.2) is 21.5 Å². The van der Waals surface area contributed by atoms with Crippen molar-refractivity contribution in [1.29, 1.82) is 0 Å². The Labute approximate surface area is 109 Å². The first-order chi connectivity index (χ1) is 9.20. The van der Waals surface area contributed by atoms with Crippen LogP contribution in [0.25, 0.3) is 16.9 Å². The van der Waals surface area contributed by atoms with Gasteiger partial charge in [0.25, 0.3) is 5.88 Å². The van der Waals surface area contributed by atoms with Crippen molar-refractivity contribution >= 4 is 5.65 Å². The third-order valence-electron chi connectivity index (χ3n) is 2.99. The molecule has 0 unspecified atom stereocenters. The third-order valence-corrected chi connectivity index (χ3v) is 2.99. The molecule has 0 N–H and O–H groups in total. The molecule has 0 bridgehead atoms. The van der Waals surface area contributed by atoms with Gasteiger partial charge in [-0.15, -0.1) is 0 Å². The highest BCUT2D eigenvalue weighted by Gasteiger charge is 2.13. The maximum atomic E-state index is 14.0. The Morgan fingerprint density at radius 3 is 2.89 bits per heavy atom. The number of hydrogen-bond acceptors (Lipinski definition) is 3. The lowest BCUT2D eigenvalue weighted by atomic mass is 10.1. The summed E-state index contributed by atoms with van der Waals surface area (Å²) in [6, 6.07) is 5.00. The van der Waals surface area contributed by atoms with E-state index in [1.807, 2.05) is 6.92 Å². The van der Waals surface area contributed by atoms with Crippen LogP contribution in [0.5, 0.6) is 5.88 Å². The van der Waals surface area contributed by atoms with Gasteiger partial charge in [0.1, 0.15) is 5.82 Å². The highest BCUT2D eigenvalue weighted by Crippen LogP contribution is 2.26. The van der Waals surface area contributed by atoms with Crippen LogP contribution in [0.4, 0.5) is 4.39 Å². The van der Waals surface area contributed by atoms with Gasteiger partial charge in [-0.25, -0.2) is 14.4 Å². The second kappa shape index (κ2) is 4.35. The summed E-state index contributed by atoms with van der Waals surface area (Å²) in [5.41, 5.74) is 2.76. The summed E-state index contributed by atoms with van der Waals surface area (Å²) < 4.78 is 20.9. The number of aryl methyl sites for hydroxylation is 1. The van der Waals surface area contributed by atoms with Crippen LogP contribution < -0.4 is 4.74 Å². The number of fused-ring (bicyclic) bond motifs is 1. The molecule has 0 atom stereocenters. The van der Waals surface area contributed by atoms with E-state index in [9.17, 15) is 4.39 Å². The SMILES string of the molecule is COc1nccn2c(-c3cc(C)ccc3F)cnc12. The van der Waals surface area contributed by atoms with Gasteiger partial charge in [0.05, 0.1) is 19.0 Å². The molecule has 0 saturated heterocycles. The number of aromatic nitrogens is 3. The lowest BCUT2D eigenvalue weighted by Gasteiger charge is -2.05. The molecule has 96 valence electrons. The molecule has 0 radical (unpaired) electrons. The standard InChI is InChI=1S/C14H12FN3O/c1-9-3-4-11(15)10(7-9)12-8-17-13-14(19-2)16-5-6-18(12)13/h3-8H,1-2H3. The van der Waals surface area contributed by atoms with Crippen LogP contribution >= 0.6 is 0 Å². The molecule has 0 saturated carbocycles.